The molecule has 0 saturated heterocycles. The maximum atomic E-state index is 10.9. The summed E-state index contributed by atoms with van der Waals surface area (Å²) in [5.41, 5.74) is -0.124. The van der Waals surface area contributed by atoms with Crippen LogP contribution >= 0.6 is 0 Å². The van der Waals surface area contributed by atoms with Crippen molar-refractivity contribution in [2.75, 3.05) is 32.1 Å². The summed E-state index contributed by atoms with van der Waals surface area (Å²) in [6.45, 7) is 1.69. The van der Waals surface area contributed by atoms with E-state index in [0.717, 1.165) is 13.1 Å². The predicted octanol–water partition coefficient (Wildman–Crippen LogP) is -0.574. The Balaban J connectivity index is 2.65. The summed E-state index contributed by atoms with van der Waals surface area (Å²) in [5.74, 6) is 0.694. The minimum Gasteiger partial charge on any atom is -0.358 e. The van der Waals surface area contributed by atoms with Crippen molar-refractivity contribution < 1.29 is 0 Å². The Morgan fingerprint density at radius 1 is 1.69 bits per heavy atom. The number of anilines is 1. The molecular weight excluding hydrogens is 168 g/mol. The molecule has 2 N–H and O–H groups in total. The molecule has 0 bridgehead atoms. The smallest absolute Gasteiger partial charge is 0.252 e. The minimum absolute atomic E-state index is 0.124. The zero-order chi connectivity index (χ0) is 9.68. The Bertz CT molecular complexity index is 309. The summed E-state index contributed by atoms with van der Waals surface area (Å²) in [6, 6.07) is 1.48. The number of rotatable bonds is 4. The van der Waals surface area contributed by atoms with E-state index in [1.807, 2.05) is 19.0 Å². The number of aromatic nitrogens is 2. The van der Waals surface area contributed by atoms with Gasteiger partial charge < -0.3 is 15.2 Å². The first kappa shape index (κ1) is 9.73. The highest BCUT2D eigenvalue weighted by Gasteiger charge is 2.00. The summed E-state index contributed by atoms with van der Waals surface area (Å²) < 4.78 is 0. The Hall–Kier alpha value is -1.36. The Kier molecular flexibility index (Phi) is 3.45. The Morgan fingerprint density at radius 2 is 2.46 bits per heavy atom. The molecule has 0 radical (unpaired) electrons. The van der Waals surface area contributed by atoms with E-state index in [1.54, 1.807) is 0 Å². The van der Waals surface area contributed by atoms with Gasteiger partial charge >= 0.3 is 0 Å². The zero-order valence-electron chi connectivity index (χ0n) is 7.87. The van der Waals surface area contributed by atoms with Gasteiger partial charge in [0, 0.05) is 26.2 Å². The molecule has 0 aliphatic heterocycles. The first-order valence-corrected chi connectivity index (χ1v) is 4.14. The number of aromatic amines is 1. The van der Waals surface area contributed by atoms with Crippen LogP contribution in [0.5, 0.6) is 0 Å². The highest BCUT2D eigenvalue weighted by atomic mass is 16.1. The highest BCUT2D eigenvalue weighted by Crippen LogP contribution is 2.01. The van der Waals surface area contributed by atoms with Gasteiger partial charge in [-0.05, 0) is 7.05 Å². The van der Waals surface area contributed by atoms with Crippen LogP contribution in [0.1, 0.15) is 0 Å². The fourth-order valence-corrected chi connectivity index (χ4v) is 0.961. The lowest BCUT2D eigenvalue weighted by atomic mass is 10.5. The van der Waals surface area contributed by atoms with E-state index in [1.165, 1.54) is 12.4 Å². The molecule has 0 unspecified atom stereocenters. The largest absolute Gasteiger partial charge is 0.358 e. The van der Waals surface area contributed by atoms with Crippen molar-refractivity contribution >= 4 is 5.82 Å². The second-order valence-corrected chi connectivity index (χ2v) is 2.79. The topological polar surface area (TPSA) is 61.0 Å². The molecule has 0 aromatic carbocycles. The van der Waals surface area contributed by atoms with Crippen LogP contribution in [-0.4, -0.2) is 37.2 Å². The molecule has 0 atom stereocenters. The average molecular weight is 182 g/mol. The minimum atomic E-state index is -0.124. The third kappa shape index (κ3) is 2.87. The Morgan fingerprint density at radius 3 is 3.08 bits per heavy atom. The molecular formula is C8H14N4O. The second-order valence-electron chi connectivity index (χ2n) is 2.79. The number of H-pyrrole nitrogens is 1. The maximum absolute atomic E-state index is 10.9. The molecule has 13 heavy (non-hydrogen) atoms. The number of hydrogen-bond donors (Lipinski definition) is 2. The van der Waals surface area contributed by atoms with Crippen molar-refractivity contribution in [3.05, 3.63) is 22.7 Å². The molecule has 5 nitrogen and oxygen atoms in total. The SMILES string of the molecule is CNCCN(C)c1cc(=O)[nH]cn1. The van der Waals surface area contributed by atoms with Crippen molar-refractivity contribution in [3.8, 4) is 0 Å². The normalized spacial score (nSPS) is 10.0. The predicted molar refractivity (Wildman–Crippen MR) is 52.1 cm³/mol. The molecule has 0 aliphatic rings. The molecule has 1 aromatic rings. The quantitative estimate of drug-likeness (QED) is 0.654. The monoisotopic (exact) mass is 182 g/mol. The fraction of sp³-hybridized carbons (Fsp3) is 0.500. The van der Waals surface area contributed by atoms with Crippen LogP contribution in [0.2, 0.25) is 0 Å². The molecule has 0 saturated carbocycles. The van der Waals surface area contributed by atoms with Crippen LogP contribution < -0.4 is 15.8 Å². The van der Waals surface area contributed by atoms with Gasteiger partial charge in [0.15, 0.2) is 0 Å². The lowest BCUT2D eigenvalue weighted by Crippen LogP contribution is -2.28. The van der Waals surface area contributed by atoms with Gasteiger partial charge in [0.2, 0.25) is 0 Å². The third-order valence-electron chi connectivity index (χ3n) is 1.75. The van der Waals surface area contributed by atoms with Gasteiger partial charge in [-0.2, -0.15) is 0 Å². The summed E-state index contributed by atoms with van der Waals surface area (Å²) in [4.78, 5) is 19.4. The summed E-state index contributed by atoms with van der Waals surface area (Å²) in [5, 5.41) is 3.03. The van der Waals surface area contributed by atoms with Crippen molar-refractivity contribution in [1.29, 1.82) is 0 Å². The van der Waals surface area contributed by atoms with Crippen LogP contribution in [-0.2, 0) is 0 Å². The molecule has 1 rings (SSSR count). The van der Waals surface area contributed by atoms with Gasteiger partial charge in [-0.1, -0.05) is 0 Å². The van der Waals surface area contributed by atoms with Crippen LogP contribution in [0.15, 0.2) is 17.2 Å². The van der Waals surface area contributed by atoms with Crippen molar-refractivity contribution in [3.63, 3.8) is 0 Å². The summed E-state index contributed by atoms with van der Waals surface area (Å²) in [6.07, 6.45) is 1.41. The van der Waals surface area contributed by atoms with E-state index in [0.29, 0.717) is 5.82 Å². The maximum Gasteiger partial charge on any atom is 0.252 e. The first-order valence-electron chi connectivity index (χ1n) is 4.14. The van der Waals surface area contributed by atoms with Gasteiger partial charge in [-0.3, -0.25) is 4.79 Å². The van der Waals surface area contributed by atoms with E-state index < -0.39 is 0 Å². The number of nitrogens with zero attached hydrogens (tertiary/aromatic N) is 2. The molecule has 1 heterocycles. The zero-order valence-corrected chi connectivity index (χ0v) is 7.87. The van der Waals surface area contributed by atoms with Gasteiger partial charge in [-0.15, -0.1) is 0 Å². The van der Waals surface area contributed by atoms with E-state index in [2.05, 4.69) is 15.3 Å². The van der Waals surface area contributed by atoms with Crippen LogP contribution in [0.3, 0.4) is 0 Å². The molecule has 72 valence electrons. The summed E-state index contributed by atoms with van der Waals surface area (Å²) >= 11 is 0. The standard InChI is InChI=1S/C8H14N4O/c1-9-3-4-12(2)7-5-8(13)11-6-10-7/h5-6,9H,3-4H2,1-2H3,(H,10,11,13). The number of nitrogens with one attached hydrogen (secondary N) is 2. The van der Waals surface area contributed by atoms with Crippen molar-refractivity contribution in [2.45, 2.75) is 0 Å². The third-order valence-corrected chi connectivity index (χ3v) is 1.75. The van der Waals surface area contributed by atoms with E-state index in [4.69, 9.17) is 0 Å². The molecule has 0 aliphatic carbocycles. The summed E-state index contributed by atoms with van der Waals surface area (Å²) in [7, 11) is 3.79. The van der Waals surface area contributed by atoms with Gasteiger partial charge in [0.05, 0.1) is 6.33 Å². The lowest BCUT2D eigenvalue weighted by molar-refractivity contribution is 0.759. The fourth-order valence-electron chi connectivity index (χ4n) is 0.961. The van der Waals surface area contributed by atoms with Gasteiger partial charge in [0.25, 0.3) is 5.56 Å². The number of hydrogen-bond acceptors (Lipinski definition) is 4. The lowest BCUT2D eigenvalue weighted by Gasteiger charge is -2.16. The molecule has 1 aromatic heterocycles. The highest BCUT2D eigenvalue weighted by molar-refractivity contribution is 5.34. The number of likely N-dealkylation sites (N-methyl/N-ethyl adjacent to an activating group) is 2. The second kappa shape index (κ2) is 4.61. The van der Waals surface area contributed by atoms with E-state index in [9.17, 15) is 4.79 Å². The van der Waals surface area contributed by atoms with Crippen LogP contribution in [0, 0.1) is 0 Å². The van der Waals surface area contributed by atoms with Crippen LogP contribution in [0.25, 0.3) is 0 Å². The molecule has 0 spiro atoms. The average Bonchev–Trinajstić information content (AvgIpc) is 2.14. The van der Waals surface area contributed by atoms with Crippen molar-refractivity contribution in [2.24, 2.45) is 0 Å². The molecule has 0 amide bonds. The molecule has 0 fully saturated rings. The van der Waals surface area contributed by atoms with E-state index >= 15 is 0 Å². The van der Waals surface area contributed by atoms with E-state index in [-0.39, 0.29) is 5.56 Å². The van der Waals surface area contributed by atoms with Gasteiger partial charge in [-0.25, -0.2) is 4.98 Å². The Labute approximate surface area is 76.8 Å². The molecule has 5 heteroatoms. The first-order chi connectivity index (χ1) is 6.24. The van der Waals surface area contributed by atoms with Crippen molar-refractivity contribution in [1.82, 2.24) is 15.3 Å². The van der Waals surface area contributed by atoms with Gasteiger partial charge in [0.1, 0.15) is 5.82 Å². The van der Waals surface area contributed by atoms with Crippen LogP contribution in [0.4, 0.5) is 5.82 Å².